The van der Waals surface area contributed by atoms with Crippen molar-refractivity contribution in [1.82, 2.24) is 19.8 Å². The number of amidine groups is 1. The second-order valence-corrected chi connectivity index (χ2v) is 9.15. The topological polar surface area (TPSA) is 138 Å². The van der Waals surface area contributed by atoms with Crippen LogP contribution in [0.2, 0.25) is 0 Å². The molecule has 1 aliphatic rings. The molecule has 1 unspecified atom stereocenters. The number of halogens is 1. The molecule has 2 aromatic carbocycles. The average Bonchev–Trinajstić information content (AvgIpc) is 3.54. The summed E-state index contributed by atoms with van der Waals surface area (Å²) in [5.74, 6) is 0.623. The number of anilines is 1. The number of esters is 1. The summed E-state index contributed by atoms with van der Waals surface area (Å²) >= 11 is 0. The molecule has 204 valence electrons. The summed E-state index contributed by atoms with van der Waals surface area (Å²) in [5, 5.41) is 14.2. The quantitative estimate of drug-likeness (QED) is 0.166. The Labute approximate surface area is 228 Å². The van der Waals surface area contributed by atoms with E-state index in [4.69, 9.17) is 20.9 Å². The number of imidazole rings is 1. The van der Waals surface area contributed by atoms with Crippen LogP contribution in [0.3, 0.4) is 0 Å². The van der Waals surface area contributed by atoms with Gasteiger partial charge in [0, 0.05) is 37.9 Å². The number of nitrogen functional groups attached to an aromatic ring is 1. The molecule has 1 atom stereocenters. The Hall–Kier alpha value is -3.63. The molecule has 0 saturated carbocycles. The van der Waals surface area contributed by atoms with Gasteiger partial charge in [-0.3, -0.25) is 15.0 Å². The van der Waals surface area contributed by atoms with Gasteiger partial charge in [0.2, 0.25) is 5.91 Å². The van der Waals surface area contributed by atoms with Crippen LogP contribution in [-0.4, -0.2) is 58.4 Å². The maximum absolute atomic E-state index is 13.4. The Kier molecular flexibility index (Phi) is 10.1. The number of hydrogen-bond acceptors (Lipinski definition) is 7. The SMILES string of the molecule is CCOC(=O)CCNC(C(=O)N1CCCC1)c1ccc2c(c1)nc(CNc1ccc(C(=N)N)cc1)n2C.Cl. The third-order valence-electron chi connectivity index (χ3n) is 6.62. The lowest BCUT2D eigenvalue weighted by Gasteiger charge is -2.24. The molecule has 4 rings (SSSR count). The van der Waals surface area contributed by atoms with Crippen LogP contribution in [0.1, 0.15) is 49.2 Å². The van der Waals surface area contributed by atoms with Crippen molar-refractivity contribution in [2.24, 2.45) is 12.8 Å². The van der Waals surface area contributed by atoms with Crippen molar-refractivity contribution >= 4 is 46.8 Å². The summed E-state index contributed by atoms with van der Waals surface area (Å²) in [7, 11) is 1.97. The van der Waals surface area contributed by atoms with E-state index < -0.39 is 6.04 Å². The molecule has 3 aromatic rings. The fourth-order valence-electron chi connectivity index (χ4n) is 4.57. The summed E-state index contributed by atoms with van der Waals surface area (Å²) in [6.07, 6.45) is 2.22. The minimum Gasteiger partial charge on any atom is -0.466 e. The van der Waals surface area contributed by atoms with Crippen molar-refractivity contribution in [3.63, 3.8) is 0 Å². The number of carbonyl (C=O) groups is 2. The van der Waals surface area contributed by atoms with Gasteiger partial charge < -0.3 is 30.6 Å². The van der Waals surface area contributed by atoms with E-state index >= 15 is 0 Å². The van der Waals surface area contributed by atoms with Crippen molar-refractivity contribution in [3.8, 4) is 0 Å². The number of aryl methyl sites for hydroxylation is 1. The minimum absolute atomic E-state index is 0. The minimum atomic E-state index is -0.555. The molecule has 0 aliphatic carbocycles. The normalized spacial score (nSPS) is 13.7. The Morgan fingerprint density at radius 1 is 1.16 bits per heavy atom. The van der Waals surface area contributed by atoms with E-state index in [-0.39, 0.29) is 36.5 Å². The fourth-order valence-corrected chi connectivity index (χ4v) is 4.57. The van der Waals surface area contributed by atoms with E-state index in [1.807, 2.05) is 46.8 Å². The number of amides is 1. The van der Waals surface area contributed by atoms with Crippen molar-refractivity contribution in [2.75, 3.05) is 31.6 Å². The molecular formula is C27H36ClN7O3. The molecular weight excluding hydrogens is 506 g/mol. The van der Waals surface area contributed by atoms with Crippen molar-refractivity contribution < 1.29 is 14.3 Å². The van der Waals surface area contributed by atoms with Gasteiger partial charge in [0.15, 0.2) is 0 Å². The monoisotopic (exact) mass is 541 g/mol. The van der Waals surface area contributed by atoms with Crippen LogP contribution < -0.4 is 16.4 Å². The third-order valence-corrected chi connectivity index (χ3v) is 6.62. The summed E-state index contributed by atoms with van der Waals surface area (Å²) < 4.78 is 7.06. The van der Waals surface area contributed by atoms with E-state index in [2.05, 4.69) is 10.6 Å². The van der Waals surface area contributed by atoms with Crippen LogP contribution >= 0.6 is 12.4 Å². The summed E-state index contributed by atoms with van der Waals surface area (Å²) in [5.41, 5.74) is 9.70. The first-order chi connectivity index (χ1) is 17.9. The van der Waals surface area contributed by atoms with Crippen LogP contribution in [0.25, 0.3) is 11.0 Å². The number of nitrogens with zero attached hydrogens (tertiary/aromatic N) is 3. The molecule has 1 aliphatic heterocycles. The smallest absolute Gasteiger partial charge is 0.307 e. The first kappa shape index (κ1) is 28.9. The molecule has 10 nitrogen and oxygen atoms in total. The zero-order chi connectivity index (χ0) is 26.4. The first-order valence-electron chi connectivity index (χ1n) is 12.7. The Morgan fingerprint density at radius 3 is 2.53 bits per heavy atom. The number of rotatable bonds is 11. The number of aromatic nitrogens is 2. The van der Waals surface area contributed by atoms with Crippen LogP contribution in [0.4, 0.5) is 5.69 Å². The largest absolute Gasteiger partial charge is 0.466 e. The maximum atomic E-state index is 13.4. The summed E-state index contributed by atoms with van der Waals surface area (Å²) in [6, 6.07) is 12.7. The van der Waals surface area contributed by atoms with Gasteiger partial charge in [0.25, 0.3) is 0 Å². The van der Waals surface area contributed by atoms with Crippen LogP contribution in [0.15, 0.2) is 42.5 Å². The van der Waals surface area contributed by atoms with Gasteiger partial charge in [0.05, 0.1) is 30.6 Å². The second kappa shape index (κ2) is 13.3. The first-order valence-corrected chi connectivity index (χ1v) is 12.7. The van der Waals surface area contributed by atoms with Gasteiger partial charge in [-0.2, -0.15) is 0 Å². The Balaban J connectivity index is 0.00000400. The van der Waals surface area contributed by atoms with Crippen LogP contribution in [-0.2, 0) is 27.9 Å². The number of nitrogens with two attached hydrogens (primary N) is 1. The van der Waals surface area contributed by atoms with Gasteiger partial charge in [-0.15, -0.1) is 12.4 Å². The summed E-state index contributed by atoms with van der Waals surface area (Å²) in [4.78, 5) is 31.9. The zero-order valence-corrected chi connectivity index (χ0v) is 22.6. The number of nitrogens with one attached hydrogen (secondary N) is 3. The Bertz CT molecular complexity index is 1270. The highest BCUT2D eigenvalue weighted by Gasteiger charge is 2.28. The maximum Gasteiger partial charge on any atom is 0.307 e. The van der Waals surface area contributed by atoms with Crippen LogP contribution in [0, 0.1) is 5.41 Å². The van der Waals surface area contributed by atoms with E-state index in [0.29, 0.717) is 25.3 Å². The molecule has 38 heavy (non-hydrogen) atoms. The highest BCUT2D eigenvalue weighted by molar-refractivity contribution is 5.95. The predicted octanol–water partition coefficient (Wildman–Crippen LogP) is 3.10. The van der Waals surface area contributed by atoms with E-state index in [1.165, 1.54) is 0 Å². The van der Waals surface area contributed by atoms with Gasteiger partial charge >= 0.3 is 5.97 Å². The zero-order valence-electron chi connectivity index (χ0n) is 21.8. The fraction of sp³-hybridized carbons (Fsp3) is 0.407. The van der Waals surface area contributed by atoms with Crippen LogP contribution in [0.5, 0.6) is 0 Å². The number of hydrogen-bond donors (Lipinski definition) is 4. The molecule has 1 amide bonds. The van der Waals surface area contributed by atoms with Gasteiger partial charge in [-0.25, -0.2) is 4.98 Å². The third kappa shape index (κ3) is 6.81. The Morgan fingerprint density at radius 2 is 1.87 bits per heavy atom. The molecule has 2 heterocycles. The second-order valence-electron chi connectivity index (χ2n) is 9.15. The highest BCUT2D eigenvalue weighted by Crippen LogP contribution is 2.24. The van der Waals surface area contributed by atoms with Crippen molar-refractivity contribution in [1.29, 1.82) is 5.41 Å². The van der Waals surface area contributed by atoms with E-state index in [1.54, 1.807) is 19.1 Å². The molecule has 1 fully saturated rings. The molecule has 5 N–H and O–H groups in total. The standard InChI is InChI=1S/C27H35N7O3.ClH/c1-3-37-24(35)12-13-30-25(27(36)34-14-4-5-15-34)19-8-11-22-21(16-19)32-23(33(22)2)17-31-20-9-6-18(7-10-20)26(28)29;/h6-11,16,25,30-31H,3-5,12-15,17H2,1-2H3,(H3,28,29);1H. The summed E-state index contributed by atoms with van der Waals surface area (Å²) in [6.45, 7) is 4.48. The van der Waals surface area contributed by atoms with E-state index in [9.17, 15) is 9.59 Å². The lowest BCUT2D eigenvalue weighted by Crippen LogP contribution is -2.40. The van der Waals surface area contributed by atoms with Gasteiger partial charge in [0.1, 0.15) is 17.7 Å². The number of likely N-dealkylation sites (tertiary alicyclic amines) is 1. The lowest BCUT2D eigenvalue weighted by atomic mass is 10.0. The molecule has 1 saturated heterocycles. The molecule has 0 bridgehead atoms. The van der Waals surface area contributed by atoms with Crippen molar-refractivity contribution in [2.45, 2.75) is 38.8 Å². The lowest BCUT2D eigenvalue weighted by molar-refractivity contribution is -0.143. The van der Waals surface area contributed by atoms with E-state index in [0.717, 1.165) is 54.0 Å². The molecule has 1 aromatic heterocycles. The van der Waals surface area contributed by atoms with Crippen molar-refractivity contribution in [3.05, 3.63) is 59.4 Å². The molecule has 0 spiro atoms. The highest BCUT2D eigenvalue weighted by atomic mass is 35.5. The van der Waals surface area contributed by atoms with Gasteiger partial charge in [-0.1, -0.05) is 6.07 Å². The number of ether oxygens (including phenoxy) is 1. The number of carbonyl (C=O) groups excluding carboxylic acids is 2. The van der Waals surface area contributed by atoms with Gasteiger partial charge in [-0.05, 0) is 61.7 Å². The average molecular weight is 542 g/mol. The molecule has 0 radical (unpaired) electrons. The predicted molar refractivity (Wildman–Crippen MR) is 151 cm³/mol. The number of fused-ring (bicyclic) bond motifs is 1. The number of benzene rings is 2. The molecule has 11 heteroatoms.